The predicted molar refractivity (Wildman–Crippen MR) is 63.5 cm³/mol. The molecule has 0 fully saturated rings. The van der Waals surface area contributed by atoms with Crippen molar-refractivity contribution in [3.05, 3.63) is 59.5 Å². The number of benzene rings is 1. The van der Waals surface area contributed by atoms with E-state index in [4.69, 9.17) is 9.15 Å². The fraction of sp³-hybridized carbons (Fsp3) is 0.286. The Morgan fingerprint density at radius 3 is 2.47 bits per heavy atom. The lowest BCUT2D eigenvalue weighted by atomic mass is 10.2. The summed E-state index contributed by atoms with van der Waals surface area (Å²) in [6.45, 7) is 0.757. The summed E-state index contributed by atoms with van der Waals surface area (Å²) in [6.07, 6.45) is -3.30. The number of rotatable bonds is 5. The van der Waals surface area contributed by atoms with Crippen molar-refractivity contribution in [1.29, 1.82) is 0 Å². The summed E-state index contributed by atoms with van der Waals surface area (Å²) in [5.74, 6) is 0.278. The molecular weight excluding hydrogens is 257 g/mol. The fourth-order valence-corrected chi connectivity index (χ4v) is 1.60. The first-order valence-corrected chi connectivity index (χ1v) is 5.82. The average Bonchev–Trinajstić information content (AvgIpc) is 2.85. The highest BCUT2D eigenvalue weighted by atomic mass is 19.4. The van der Waals surface area contributed by atoms with Crippen LogP contribution in [0.25, 0.3) is 0 Å². The molecule has 5 heteroatoms. The van der Waals surface area contributed by atoms with Crippen LogP contribution in [0.2, 0.25) is 0 Å². The van der Waals surface area contributed by atoms with Gasteiger partial charge in [-0.05, 0) is 11.6 Å². The Labute approximate surface area is 108 Å². The molecule has 0 N–H and O–H groups in total. The van der Waals surface area contributed by atoms with Crippen LogP contribution in [0.5, 0.6) is 0 Å². The van der Waals surface area contributed by atoms with Crippen LogP contribution in [0.1, 0.15) is 16.9 Å². The Balaban J connectivity index is 1.76. The highest BCUT2D eigenvalue weighted by molar-refractivity contribution is 5.16. The molecular formula is C14H13F3O2. The minimum Gasteiger partial charge on any atom is -0.469 e. The summed E-state index contributed by atoms with van der Waals surface area (Å²) in [5, 5.41) is 0. The van der Waals surface area contributed by atoms with Gasteiger partial charge in [0.15, 0.2) is 0 Å². The van der Waals surface area contributed by atoms with Gasteiger partial charge < -0.3 is 9.15 Å². The van der Waals surface area contributed by atoms with E-state index in [-0.39, 0.29) is 5.76 Å². The third-order valence-electron chi connectivity index (χ3n) is 2.59. The summed E-state index contributed by atoms with van der Waals surface area (Å²) in [7, 11) is 0. The lowest BCUT2D eigenvalue weighted by Gasteiger charge is -2.02. The van der Waals surface area contributed by atoms with Crippen molar-refractivity contribution in [3.63, 3.8) is 0 Å². The van der Waals surface area contributed by atoms with Crippen LogP contribution in [0.4, 0.5) is 13.2 Å². The third kappa shape index (κ3) is 4.13. The van der Waals surface area contributed by atoms with E-state index in [2.05, 4.69) is 0 Å². The first-order chi connectivity index (χ1) is 9.05. The van der Waals surface area contributed by atoms with E-state index < -0.39 is 11.7 Å². The van der Waals surface area contributed by atoms with Gasteiger partial charge in [0.05, 0.1) is 18.8 Å². The summed E-state index contributed by atoms with van der Waals surface area (Å²) < 4.78 is 47.2. The molecule has 0 aliphatic carbocycles. The van der Waals surface area contributed by atoms with Crippen LogP contribution in [0.3, 0.4) is 0 Å². The Morgan fingerprint density at radius 2 is 1.84 bits per heavy atom. The molecule has 1 aromatic heterocycles. The van der Waals surface area contributed by atoms with Gasteiger partial charge in [-0.25, -0.2) is 0 Å². The van der Waals surface area contributed by atoms with Crippen molar-refractivity contribution >= 4 is 0 Å². The zero-order chi connectivity index (χ0) is 13.7. The first-order valence-electron chi connectivity index (χ1n) is 5.82. The smallest absolute Gasteiger partial charge is 0.419 e. The van der Waals surface area contributed by atoms with E-state index in [1.165, 1.54) is 0 Å². The molecule has 0 spiro atoms. The lowest BCUT2D eigenvalue weighted by molar-refractivity contribution is -0.137. The van der Waals surface area contributed by atoms with Crippen LogP contribution >= 0.6 is 0 Å². The molecule has 0 radical (unpaired) electrons. The molecule has 0 aliphatic heterocycles. The van der Waals surface area contributed by atoms with Crippen molar-refractivity contribution < 1.29 is 22.3 Å². The molecule has 0 unspecified atom stereocenters. The molecule has 1 aromatic carbocycles. The molecule has 0 saturated heterocycles. The average molecular weight is 270 g/mol. The minimum absolute atomic E-state index is 0.278. The van der Waals surface area contributed by atoms with Crippen LogP contribution < -0.4 is 0 Å². The summed E-state index contributed by atoms with van der Waals surface area (Å²) in [6, 6.07) is 10.6. The van der Waals surface area contributed by atoms with Crippen LogP contribution in [-0.2, 0) is 23.9 Å². The number of ether oxygens (including phenoxy) is 1. The molecule has 2 nitrogen and oxygen atoms in total. The Hall–Kier alpha value is -1.75. The largest absolute Gasteiger partial charge is 0.469 e. The van der Waals surface area contributed by atoms with E-state index in [0.717, 1.165) is 17.9 Å². The molecule has 2 rings (SSSR count). The second kappa shape index (κ2) is 5.93. The van der Waals surface area contributed by atoms with Gasteiger partial charge in [-0.15, -0.1) is 0 Å². The molecule has 0 amide bonds. The van der Waals surface area contributed by atoms with Crippen molar-refractivity contribution in [3.8, 4) is 0 Å². The van der Waals surface area contributed by atoms with E-state index in [0.29, 0.717) is 19.6 Å². The molecule has 0 bridgehead atoms. The zero-order valence-electron chi connectivity index (χ0n) is 10.1. The van der Waals surface area contributed by atoms with Gasteiger partial charge >= 0.3 is 6.18 Å². The maximum Gasteiger partial charge on any atom is 0.419 e. The SMILES string of the molecule is FC(F)(F)c1coc(CCOCc2ccccc2)c1. The van der Waals surface area contributed by atoms with Crippen LogP contribution in [-0.4, -0.2) is 6.61 Å². The van der Waals surface area contributed by atoms with E-state index in [9.17, 15) is 13.2 Å². The molecule has 0 atom stereocenters. The highest BCUT2D eigenvalue weighted by Gasteiger charge is 2.32. The Morgan fingerprint density at radius 1 is 1.11 bits per heavy atom. The van der Waals surface area contributed by atoms with E-state index >= 15 is 0 Å². The number of alkyl halides is 3. The maximum atomic E-state index is 12.3. The Kier molecular flexibility index (Phi) is 4.27. The molecule has 1 heterocycles. The van der Waals surface area contributed by atoms with Crippen LogP contribution in [0.15, 0.2) is 47.1 Å². The highest BCUT2D eigenvalue weighted by Crippen LogP contribution is 2.30. The number of halogens is 3. The summed E-state index contributed by atoms with van der Waals surface area (Å²) in [4.78, 5) is 0. The van der Waals surface area contributed by atoms with Crippen LogP contribution in [0, 0.1) is 0 Å². The molecule has 102 valence electrons. The number of hydrogen-bond acceptors (Lipinski definition) is 2. The van der Waals surface area contributed by atoms with E-state index in [1.54, 1.807) is 0 Å². The van der Waals surface area contributed by atoms with Gasteiger partial charge in [0.2, 0.25) is 0 Å². The standard InChI is InChI=1S/C14H13F3O2/c15-14(16,17)12-8-13(19-10-12)6-7-18-9-11-4-2-1-3-5-11/h1-5,8,10H,6-7,9H2. The quantitative estimate of drug-likeness (QED) is 0.764. The topological polar surface area (TPSA) is 22.4 Å². The molecule has 2 aromatic rings. The Bertz CT molecular complexity index is 503. The van der Waals surface area contributed by atoms with Gasteiger partial charge in [0, 0.05) is 6.42 Å². The lowest BCUT2D eigenvalue weighted by Crippen LogP contribution is -2.02. The molecule has 0 saturated carbocycles. The van der Waals surface area contributed by atoms with Gasteiger partial charge in [0.1, 0.15) is 12.0 Å². The summed E-state index contributed by atoms with van der Waals surface area (Å²) >= 11 is 0. The predicted octanol–water partition coefficient (Wildman–Crippen LogP) is 4.06. The molecule has 0 aliphatic rings. The summed E-state index contributed by atoms with van der Waals surface area (Å²) in [5.41, 5.74) is 0.267. The zero-order valence-corrected chi connectivity index (χ0v) is 10.1. The number of hydrogen-bond donors (Lipinski definition) is 0. The van der Waals surface area contributed by atoms with Gasteiger partial charge in [0.25, 0.3) is 0 Å². The van der Waals surface area contributed by atoms with Crippen molar-refractivity contribution in [2.24, 2.45) is 0 Å². The second-order valence-corrected chi connectivity index (χ2v) is 4.09. The number of furan rings is 1. The normalized spacial score (nSPS) is 11.7. The fourth-order valence-electron chi connectivity index (χ4n) is 1.60. The van der Waals surface area contributed by atoms with Gasteiger partial charge in [-0.1, -0.05) is 30.3 Å². The van der Waals surface area contributed by atoms with Crippen molar-refractivity contribution in [1.82, 2.24) is 0 Å². The minimum atomic E-state index is -4.35. The maximum absolute atomic E-state index is 12.3. The third-order valence-corrected chi connectivity index (χ3v) is 2.59. The van der Waals surface area contributed by atoms with Crippen molar-refractivity contribution in [2.45, 2.75) is 19.2 Å². The van der Waals surface area contributed by atoms with Gasteiger partial charge in [-0.2, -0.15) is 13.2 Å². The molecule has 19 heavy (non-hydrogen) atoms. The van der Waals surface area contributed by atoms with Gasteiger partial charge in [-0.3, -0.25) is 0 Å². The first kappa shape index (κ1) is 13.7. The van der Waals surface area contributed by atoms with E-state index in [1.807, 2.05) is 30.3 Å². The monoisotopic (exact) mass is 270 g/mol. The second-order valence-electron chi connectivity index (χ2n) is 4.09. The van der Waals surface area contributed by atoms with Crippen molar-refractivity contribution in [2.75, 3.05) is 6.61 Å².